The molecule has 0 aliphatic carbocycles. The molecule has 2 aromatic heterocycles. The topological polar surface area (TPSA) is 63.2 Å². The molecule has 1 aliphatic heterocycles. The Bertz CT molecular complexity index is 522. The van der Waals surface area contributed by atoms with Crippen molar-refractivity contribution in [3.05, 3.63) is 48.7 Å². The van der Waals surface area contributed by atoms with Gasteiger partial charge in [-0.1, -0.05) is 6.07 Å². The van der Waals surface area contributed by atoms with Gasteiger partial charge in [-0.25, -0.2) is 4.98 Å². The smallest absolute Gasteiger partial charge is 0.149 e. The van der Waals surface area contributed by atoms with Gasteiger partial charge in [-0.2, -0.15) is 0 Å². The molecule has 1 aliphatic rings. The number of piperazine rings is 1. The van der Waals surface area contributed by atoms with E-state index in [9.17, 15) is 0 Å². The summed E-state index contributed by atoms with van der Waals surface area (Å²) in [4.78, 5) is 14.7. The number of pyridine rings is 1. The minimum absolute atomic E-state index is 0.0411. The van der Waals surface area contributed by atoms with Crippen molar-refractivity contribution in [3.8, 4) is 0 Å². The van der Waals surface area contributed by atoms with Crippen LogP contribution < -0.4 is 10.2 Å². The number of hydrogen-bond acceptors (Lipinski definition) is 6. The third-order valence-electron chi connectivity index (χ3n) is 3.21. The summed E-state index contributed by atoms with van der Waals surface area (Å²) in [7, 11) is 0. The van der Waals surface area contributed by atoms with Gasteiger partial charge < -0.3 is 15.0 Å². The molecule has 6 heteroatoms. The van der Waals surface area contributed by atoms with E-state index in [-0.39, 0.29) is 6.23 Å². The maximum Gasteiger partial charge on any atom is 0.149 e. The van der Waals surface area contributed by atoms with Gasteiger partial charge in [0.15, 0.2) is 0 Å². The van der Waals surface area contributed by atoms with E-state index < -0.39 is 0 Å². The van der Waals surface area contributed by atoms with Crippen molar-refractivity contribution in [3.63, 3.8) is 0 Å². The molecule has 0 bridgehead atoms. The van der Waals surface area contributed by atoms with Crippen LogP contribution in [0.3, 0.4) is 0 Å². The second kappa shape index (κ2) is 6.40. The van der Waals surface area contributed by atoms with Crippen molar-refractivity contribution in [2.45, 2.75) is 12.8 Å². The maximum absolute atomic E-state index is 5.99. The molecular formula is C14H17N5O. The Morgan fingerprint density at radius 3 is 3.00 bits per heavy atom. The van der Waals surface area contributed by atoms with Crippen LogP contribution in [-0.2, 0) is 11.3 Å². The fourth-order valence-corrected chi connectivity index (χ4v) is 2.21. The first kappa shape index (κ1) is 13.0. The van der Waals surface area contributed by atoms with Crippen molar-refractivity contribution >= 4 is 5.82 Å². The van der Waals surface area contributed by atoms with Gasteiger partial charge in [0.25, 0.3) is 0 Å². The normalized spacial score (nSPS) is 19.0. The molecule has 2 aromatic rings. The van der Waals surface area contributed by atoms with Crippen LogP contribution in [0.15, 0.2) is 43.1 Å². The molecular weight excluding hydrogens is 254 g/mol. The Kier molecular flexibility index (Phi) is 4.15. The Balaban J connectivity index is 1.67. The summed E-state index contributed by atoms with van der Waals surface area (Å²) in [5.41, 5.74) is 1.07. The van der Waals surface area contributed by atoms with Crippen molar-refractivity contribution in [1.82, 2.24) is 20.3 Å². The van der Waals surface area contributed by atoms with Gasteiger partial charge in [0.1, 0.15) is 12.0 Å². The molecule has 3 heterocycles. The summed E-state index contributed by atoms with van der Waals surface area (Å²) >= 11 is 0. The summed E-state index contributed by atoms with van der Waals surface area (Å²) in [6.45, 7) is 3.09. The van der Waals surface area contributed by atoms with E-state index in [0.29, 0.717) is 6.61 Å². The number of aromatic nitrogens is 3. The number of nitrogens with one attached hydrogen (secondary N) is 1. The van der Waals surface area contributed by atoms with E-state index >= 15 is 0 Å². The lowest BCUT2D eigenvalue weighted by Gasteiger charge is -2.36. The van der Waals surface area contributed by atoms with Crippen LogP contribution in [0.1, 0.15) is 5.56 Å². The zero-order chi connectivity index (χ0) is 13.6. The monoisotopic (exact) mass is 271 g/mol. The molecule has 1 saturated heterocycles. The highest BCUT2D eigenvalue weighted by Gasteiger charge is 2.24. The number of nitrogens with zero attached hydrogens (tertiary/aromatic N) is 4. The quantitative estimate of drug-likeness (QED) is 0.888. The van der Waals surface area contributed by atoms with Gasteiger partial charge in [0.2, 0.25) is 0 Å². The zero-order valence-electron chi connectivity index (χ0n) is 11.1. The van der Waals surface area contributed by atoms with Gasteiger partial charge >= 0.3 is 0 Å². The molecule has 0 saturated carbocycles. The van der Waals surface area contributed by atoms with Gasteiger partial charge in [0.05, 0.1) is 12.8 Å². The Morgan fingerprint density at radius 2 is 2.20 bits per heavy atom. The lowest BCUT2D eigenvalue weighted by atomic mass is 10.3. The van der Waals surface area contributed by atoms with E-state index in [1.165, 1.54) is 0 Å². The third kappa shape index (κ3) is 3.09. The Morgan fingerprint density at radius 1 is 1.25 bits per heavy atom. The van der Waals surface area contributed by atoms with Crippen LogP contribution >= 0.6 is 0 Å². The first-order valence-electron chi connectivity index (χ1n) is 6.67. The molecule has 0 radical (unpaired) electrons. The number of rotatable bonds is 4. The standard InChI is InChI=1S/C14H17N5O/c1-2-12(8-15-3-1)11-20-14-10-17-6-7-19(14)13-9-16-4-5-18-13/h1-5,8-9,14,17H,6-7,10-11H2. The highest BCUT2D eigenvalue weighted by molar-refractivity contribution is 5.36. The van der Waals surface area contributed by atoms with Gasteiger partial charge in [-0.3, -0.25) is 9.97 Å². The van der Waals surface area contributed by atoms with E-state index in [2.05, 4.69) is 25.2 Å². The van der Waals surface area contributed by atoms with Crippen molar-refractivity contribution in [2.75, 3.05) is 24.5 Å². The fraction of sp³-hybridized carbons (Fsp3) is 0.357. The molecule has 6 nitrogen and oxygen atoms in total. The average molecular weight is 271 g/mol. The summed E-state index contributed by atoms with van der Waals surface area (Å²) in [5.74, 6) is 0.852. The highest BCUT2D eigenvalue weighted by Crippen LogP contribution is 2.15. The third-order valence-corrected chi connectivity index (χ3v) is 3.21. The second-order valence-electron chi connectivity index (χ2n) is 4.59. The van der Waals surface area contributed by atoms with Gasteiger partial charge in [-0.05, 0) is 11.6 Å². The van der Waals surface area contributed by atoms with Crippen molar-refractivity contribution in [1.29, 1.82) is 0 Å². The lowest BCUT2D eigenvalue weighted by molar-refractivity contribution is 0.0304. The van der Waals surface area contributed by atoms with Crippen LogP contribution in [0.4, 0.5) is 5.82 Å². The van der Waals surface area contributed by atoms with Crippen LogP contribution in [0.2, 0.25) is 0 Å². The molecule has 1 unspecified atom stereocenters. The minimum Gasteiger partial charge on any atom is -0.352 e. The predicted molar refractivity (Wildman–Crippen MR) is 75.1 cm³/mol. The molecule has 1 N–H and O–H groups in total. The maximum atomic E-state index is 5.99. The van der Waals surface area contributed by atoms with Gasteiger partial charge in [0, 0.05) is 44.4 Å². The summed E-state index contributed by atoms with van der Waals surface area (Å²) in [6.07, 6.45) is 8.69. The van der Waals surface area contributed by atoms with Crippen molar-refractivity contribution in [2.24, 2.45) is 0 Å². The molecule has 20 heavy (non-hydrogen) atoms. The summed E-state index contributed by atoms with van der Waals surface area (Å²) < 4.78 is 5.99. The predicted octanol–water partition coefficient (Wildman–Crippen LogP) is 0.824. The van der Waals surface area contributed by atoms with Crippen LogP contribution in [0, 0.1) is 0 Å². The highest BCUT2D eigenvalue weighted by atomic mass is 16.5. The number of ether oxygens (including phenoxy) is 1. The molecule has 1 atom stereocenters. The van der Waals surface area contributed by atoms with Crippen LogP contribution in [0.25, 0.3) is 0 Å². The molecule has 3 rings (SSSR count). The fourth-order valence-electron chi connectivity index (χ4n) is 2.21. The minimum atomic E-state index is -0.0411. The molecule has 0 aromatic carbocycles. The summed E-state index contributed by atoms with van der Waals surface area (Å²) in [6, 6.07) is 3.92. The SMILES string of the molecule is c1cncc(COC2CNCCN2c2cnccn2)c1. The Hall–Kier alpha value is -2.05. The largest absolute Gasteiger partial charge is 0.352 e. The molecule has 1 fully saturated rings. The molecule has 104 valence electrons. The zero-order valence-corrected chi connectivity index (χ0v) is 11.1. The van der Waals surface area contributed by atoms with Crippen LogP contribution in [0.5, 0.6) is 0 Å². The van der Waals surface area contributed by atoms with E-state index in [0.717, 1.165) is 31.0 Å². The van der Waals surface area contributed by atoms with E-state index in [1.54, 1.807) is 24.8 Å². The van der Waals surface area contributed by atoms with E-state index in [1.807, 2.05) is 18.3 Å². The number of anilines is 1. The first-order valence-corrected chi connectivity index (χ1v) is 6.67. The molecule has 0 amide bonds. The first-order chi connectivity index (χ1) is 9.93. The molecule has 0 spiro atoms. The van der Waals surface area contributed by atoms with Crippen molar-refractivity contribution < 1.29 is 4.74 Å². The van der Waals surface area contributed by atoms with Crippen LogP contribution in [-0.4, -0.2) is 40.8 Å². The van der Waals surface area contributed by atoms with Gasteiger partial charge in [-0.15, -0.1) is 0 Å². The number of hydrogen-bond donors (Lipinski definition) is 1. The summed E-state index contributed by atoms with van der Waals surface area (Å²) in [5, 5.41) is 3.34. The second-order valence-corrected chi connectivity index (χ2v) is 4.59. The van der Waals surface area contributed by atoms with E-state index in [4.69, 9.17) is 4.74 Å². The Labute approximate surface area is 117 Å². The lowest BCUT2D eigenvalue weighted by Crippen LogP contribution is -2.53. The average Bonchev–Trinajstić information content (AvgIpc) is 2.55.